The third-order valence-electron chi connectivity index (χ3n) is 4.91. The number of benzene rings is 1. The van der Waals surface area contributed by atoms with Crippen LogP contribution in [0.15, 0.2) is 12.1 Å². The van der Waals surface area contributed by atoms with E-state index in [0.29, 0.717) is 0 Å². The molecule has 2 amide bonds. The molecule has 1 aromatic carbocycles. The van der Waals surface area contributed by atoms with E-state index in [2.05, 4.69) is 5.32 Å². The van der Waals surface area contributed by atoms with Crippen molar-refractivity contribution < 1.29 is 9.59 Å². The van der Waals surface area contributed by atoms with E-state index < -0.39 is 5.41 Å². The molecule has 2 rings (SSSR count). The van der Waals surface area contributed by atoms with Crippen LogP contribution < -0.4 is 5.32 Å². The minimum atomic E-state index is -1.06. The van der Waals surface area contributed by atoms with E-state index in [-0.39, 0.29) is 11.8 Å². The smallest absolute Gasteiger partial charge is 0.239 e. The van der Waals surface area contributed by atoms with Crippen molar-refractivity contribution in [3.8, 4) is 0 Å². The standard InChI is InChI=1S/C20H30N2O2/c1-14-12-15(2)17(16(3)13-14)21-18(23)20(4,5)19(24)22-10-8-6-7-9-11-22/h12-13H,6-11H2,1-5H3,(H,21,23). The number of likely N-dealkylation sites (tertiary alicyclic amines) is 1. The molecule has 1 N–H and O–H groups in total. The predicted molar refractivity (Wildman–Crippen MR) is 98.1 cm³/mol. The first kappa shape index (κ1) is 18.5. The van der Waals surface area contributed by atoms with E-state index in [1.54, 1.807) is 13.8 Å². The second-order valence-electron chi connectivity index (χ2n) is 7.56. The summed E-state index contributed by atoms with van der Waals surface area (Å²) in [5, 5.41) is 3.00. The minimum Gasteiger partial charge on any atom is -0.342 e. The predicted octanol–water partition coefficient (Wildman–Crippen LogP) is 3.98. The Labute approximate surface area is 145 Å². The van der Waals surface area contributed by atoms with E-state index in [0.717, 1.165) is 55.6 Å². The summed E-state index contributed by atoms with van der Waals surface area (Å²) in [5.74, 6) is -0.295. The Morgan fingerprint density at radius 1 is 0.958 bits per heavy atom. The number of carbonyl (C=O) groups excluding carboxylic acids is 2. The van der Waals surface area contributed by atoms with Crippen LogP contribution in [0.3, 0.4) is 0 Å². The summed E-state index contributed by atoms with van der Waals surface area (Å²) in [4.78, 5) is 27.6. The Morgan fingerprint density at radius 2 is 1.46 bits per heavy atom. The van der Waals surface area contributed by atoms with Gasteiger partial charge in [-0.1, -0.05) is 30.5 Å². The summed E-state index contributed by atoms with van der Waals surface area (Å²) in [7, 11) is 0. The van der Waals surface area contributed by atoms with Crippen molar-refractivity contribution in [3.63, 3.8) is 0 Å². The Bertz CT molecular complexity index is 604. The van der Waals surface area contributed by atoms with Gasteiger partial charge in [0.15, 0.2) is 0 Å². The van der Waals surface area contributed by atoms with E-state index >= 15 is 0 Å². The number of rotatable bonds is 3. The summed E-state index contributed by atoms with van der Waals surface area (Å²) in [6, 6.07) is 4.10. The molecule has 0 saturated carbocycles. The Kier molecular flexibility index (Phi) is 5.68. The van der Waals surface area contributed by atoms with Crippen molar-refractivity contribution in [2.45, 2.75) is 60.3 Å². The molecule has 0 bridgehead atoms. The normalized spacial score (nSPS) is 15.8. The largest absolute Gasteiger partial charge is 0.342 e. The van der Waals surface area contributed by atoms with Crippen LogP contribution in [0.4, 0.5) is 5.69 Å². The zero-order valence-electron chi connectivity index (χ0n) is 15.7. The summed E-state index contributed by atoms with van der Waals surface area (Å²) >= 11 is 0. The monoisotopic (exact) mass is 330 g/mol. The van der Waals surface area contributed by atoms with Gasteiger partial charge in [0, 0.05) is 18.8 Å². The lowest BCUT2D eigenvalue weighted by atomic mass is 9.89. The number of anilines is 1. The molecule has 4 nitrogen and oxygen atoms in total. The van der Waals surface area contributed by atoms with Crippen LogP contribution in [0, 0.1) is 26.2 Å². The van der Waals surface area contributed by atoms with Gasteiger partial charge in [0.25, 0.3) is 0 Å². The zero-order valence-corrected chi connectivity index (χ0v) is 15.7. The summed E-state index contributed by atoms with van der Waals surface area (Å²) < 4.78 is 0. The van der Waals surface area contributed by atoms with Gasteiger partial charge < -0.3 is 10.2 Å². The average Bonchev–Trinajstić information content (AvgIpc) is 2.78. The molecular weight excluding hydrogens is 300 g/mol. The van der Waals surface area contributed by atoms with Gasteiger partial charge in [-0.05, 0) is 58.6 Å². The van der Waals surface area contributed by atoms with Gasteiger partial charge >= 0.3 is 0 Å². The highest BCUT2D eigenvalue weighted by Crippen LogP contribution is 2.27. The maximum Gasteiger partial charge on any atom is 0.239 e. The highest BCUT2D eigenvalue weighted by Gasteiger charge is 2.39. The maximum atomic E-state index is 12.9. The summed E-state index contributed by atoms with van der Waals surface area (Å²) in [6.07, 6.45) is 4.38. The van der Waals surface area contributed by atoms with Crippen molar-refractivity contribution >= 4 is 17.5 Å². The minimum absolute atomic E-state index is 0.0654. The Morgan fingerprint density at radius 3 is 1.96 bits per heavy atom. The second kappa shape index (κ2) is 7.37. The van der Waals surface area contributed by atoms with Crippen molar-refractivity contribution in [3.05, 3.63) is 28.8 Å². The number of carbonyl (C=O) groups is 2. The lowest BCUT2D eigenvalue weighted by molar-refractivity contribution is -0.146. The first-order chi connectivity index (χ1) is 11.2. The molecule has 4 heteroatoms. The molecule has 1 aliphatic rings. The third-order valence-corrected chi connectivity index (χ3v) is 4.91. The van der Waals surface area contributed by atoms with E-state index in [9.17, 15) is 9.59 Å². The highest BCUT2D eigenvalue weighted by molar-refractivity contribution is 6.10. The SMILES string of the molecule is Cc1cc(C)c(NC(=O)C(C)(C)C(=O)N2CCCCCC2)c(C)c1. The lowest BCUT2D eigenvalue weighted by Crippen LogP contribution is -2.47. The summed E-state index contributed by atoms with van der Waals surface area (Å²) in [6.45, 7) is 11.0. The molecule has 0 unspecified atom stereocenters. The highest BCUT2D eigenvalue weighted by atomic mass is 16.2. The molecule has 132 valence electrons. The number of amides is 2. The molecular formula is C20H30N2O2. The molecule has 0 radical (unpaired) electrons. The fourth-order valence-corrected chi connectivity index (χ4v) is 3.41. The molecule has 0 spiro atoms. The van der Waals surface area contributed by atoms with Gasteiger partial charge in [-0.15, -0.1) is 0 Å². The first-order valence-corrected chi connectivity index (χ1v) is 8.92. The number of nitrogens with zero attached hydrogens (tertiary/aromatic N) is 1. The van der Waals surface area contributed by atoms with E-state index in [1.165, 1.54) is 5.56 Å². The van der Waals surface area contributed by atoms with E-state index in [4.69, 9.17) is 0 Å². The molecule has 1 heterocycles. The first-order valence-electron chi connectivity index (χ1n) is 8.92. The molecule has 0 atom stereocenters. The van der Waals surface area contributed by atoms with Gasteiger partial charge in [0.1, 0.15) is 5.41 Å². The Hall–Kier alpha value is -1.84. The van der Waals surface area contributed by atoms with Crippen LogP contribution in [0.25, 0.3) is 0 Å². The maximum absolute atomic E-state index is 12.9. The molecule has 0 aromatic heterocycles. The molecule has 1 saturated heterocycles. The second-order valence-corrected chi connectivity index (χ2v) is 7.56. The van der Waals surface area contributed by atoms with Gasteiger partial charge in [-0.3, -0.25) is 9.59 Å². The van der Waals surface area contributed by atoms with Crippen molar-refractivity contribution in [2.75, 3.05) is 18.4 Å². The lowest BCUT2D eigenvalue weighted by Gasteiger charge is -2.30. The van der Waals surface area contributed by atoms with Crippen LogP contribution in [0.5, 0.6) is 0 Å². The zero-order chi connectivity index (χ0) is 17.9. The number of aryl methyl sites for hydroxylation is 3. The fourth-order valence-electron chi connectivity index (χ4n) is 3.41. The van der Waals surface area contributed by atoms with Crippen molar-refractivity contribution in [1.82, 2.24) is 4.90 Å². The fraction of sp³-hybridized carbons (Fsp3) is 0.600. The van der Waals surface area contributed by atoms with Crippen LogP contribution in [0.2, 0.25) is 0 Å². The quantitative estimate of drug-likeness (QED) is 0.852. The molecule has 1 aromatic rings. The van der Waals surface area contributed by atoms with Gasteiger partial charge in [0.05, 0.1) is 0 Å². The molecule has 24 heavy (non-hydrogen) atoms. The van der Waals surface area contributed by atoms with Crippen LogP contribution in [-0.2, 0) is 9.59 Å². The average molecular weight is 330 g/mol. The van der Waals surface area contributed by atoms with Crippen LogP contribution >= 0.6 is 0 Å². The van der Waals surface area contributed by atoms with E-state index in [1.807, 2.05) is 37.8 Å². The Balaban J connectivity index is 2.16. The summed E-state index contributed by atoms with van der Waals surface area (Å²) in [5.41, 5.74) is 2.98. The molecule has 1 fully saturated rings. The third kappa shape index (κ3) is 3.97. The number of hydrogen-bond acceptors (Lipinski definition) is 2. The van der Waals surface area contributed by atoms with Crippen LogP contribution in [0.1, 0.15) is 56.2 Å². The van der Waals surface area contributed by atoms with Gasteiger partial charge in [-0.25, -0.2) is 0 Å². The molecule has 0 aliphatic carbocycles. The van der Waals surface area contributed by atoms with Crippen LogP contribution in [-0.4, -0.2) is 29.8 Å². The van der Waals surface area contributed by atoms with Gasteiger partial charge in [0.2, 0.25) is 11.8 Å². The number of hydrogen-bond donors (Lipinski definition) is 1. The van der Waals surface area contributed by atoms with Gasteiger partial charge in [-0.2, -0.15) is 0 Å². The topological polar surface area (TPSA) is 49.4 Å². The molecule has 1 aliphatic heterocycles. The number of nitrogens with one attached hydrogen (secondary N) is 1. The van der Waals surface area contributed by atoms with Crippen molar-refractivity contribution in [2.24, 2.45) is 5.41 Å². The van der Waals surface area contributed by atoms with Crippen molar-refractivity contribution in [1.29, 1.82) is 0 Å².